The van der Waals surface area contributed by atoms with Crippen molar-refractivity contribution >= 4 is 34.1 Å². The molecule has 0 spiro atoms. The van der Waals surface area contributed by atoms with Gasteiger partial charge < -0.3 is 4.98 Å². The van der Waals surface area contributed by atoms with Gasteiger partial charge in [-0.3, -0.25) is 9.58 Å². The van der Waals surface area contributed by atoms with Crippen LogP contribution in [0.3, 0.4) is 0 Å². The molecule has 0 atom stereocenters. The van der Waals surface area contributed by atoms with Crippen LogP contribution in [0.2, 0.25) is 10.0 Å². The fourth-order valence-electron chi connectivity index (χ4n) is 3.59. The van der Waals surface area contributed by atoms with E-state index in [1.54, 1.807) is 6.07 Å². The molecule has 0 saturated carbocycles. The molecule has 1 aliphatic rings. The molecule has 3 aromatic rings. The fourth-order valence-corrected chi connectivity index (χ4v) is 4.13. The van der Waals surface area contributed by atoms with E-state index in [2.05, 4.69) is 21.2 Å². The Balaban J connectivity index is 1.47. The predicted octanol–water partition coefficient (Wildman–Crippen LogP) is 4.20. The van der Waals surface area contributed by atoms with Crippen LogP contribution in [0.15, 0.2) is 24.5 Å². The number of nitrogens with zero attached hydrogens (tertiary/aromatic N) is 3. The smallest absolute Gasteiger partial charge is 0.0662 e. The van der Waals surface area contributed by atoms with E-state index in [1.165, 1.54) is 22.2 Å². The average molecular weight is 363 g/mol. The first kappa shape index (κ1) is 16.0. The number of aryl methyl sites for hydroxylation is 2. The Morgan fingerprint density at radius 1 is 1.29 bits per heavy atom. The van der Waals surface area contributed by atoms with Crippen molar-refractivity contribution in [3.63, 3.8) is 0 Å². The van der Waals surface area contributed by atoms with Crippen LogP contribution in [-0.4, -0.2) is 32.8 Å². The summed E-state index contributed by atoms with van der Waals surface area (Å²) in [6, 6.07) is 3.83. The van der Waals surface area contributed by atoms with E-state index >= 15 is 0 Å². The summed E-state index contributed by atoms with van der Waals surface area (Å²) in [4.78, 5) is 6.00. The van der Waals surface area contributed by atoms with Gasteiger partial charge in [-0.1, -0.05) is 23.2 Å². The third-order valence-electron chi connectivity index (χ3n) is 4.78. The summed E-state index contributed by atoms with van der Waals surface area (Å²) in [5, 5.41) is 6.80. The maximum Gasteiger partial charge on any atom is 0.0662 e. The predicted molar refractivity (Wildman–Crippen MR) is 98.8 cm³/mol. The monoisotopic (exact) mass is 362 g/mol. The first-order valence-corrected chi connectivity index (χ1v) is 9.04. The van der Waals surface area contributed by atoms with Gasteiger partial charge in [-0.25, -0.2) is 0 Å². The van der Waals surface area contributed by atoms with Crippen molar-refractivity contribution in [3.05, 3.63) is 51.4 Å². The summed E-state index contributed by atoms with van der Waals surface area (Å²) in [5.41, 5.74) is 4.98. The maximum atomic E-state index is 6.33. The lowest BCUT2D eigenvalue weighted by atomic mass is 10.0. The molecule has 4 nitrogen and oxygen atoms in total. The van der Waals surface area contributed by atoms with Crippen molar-refractivity contribution in [2.75, 3.05) is 13.1 Å². The van der Waals surface area contributed by atoms with Gasteiger partial charge in [0.2, 0.25) is 0 Å². The van der Waals surface area contributed by atoms with E-state index in [0.29, 0.717) is 10.0 Å². The SMILES string of the molecule is Cn1cc(CCCN2CCc3[nH]c4c(Cl)cc(Cl)cc4c3C2)cn1. The first-order valence-electron chi connectivity index (χ1n) is 8.28. The Morgan fingerprint density at radius 2 is 2.17 bits per heavy atom. The Hall–Kier alpha value is -1.49. The number of aromatic amines is 1. The lowest BCUT2D eigenvalue weighted by Crippen LogP contribution is -2.31. The van der Waals surface area contributed by atoms with Gasteiger partial charge in [0.25, 0.3) is 0 Å². The van der Waals surface area contributed by atoms with Crippen LogP contribution in [-0.2, 0) is 26.4 Å². The quantitative estimate of drug-likeness (QED) is 0.754. The van der Waals surface area contributed by atoms with Crippen LogP contribution in [0.1, 0.15) is 23.2 Å². The van der Waals surface area contributed by atoms with E-state index in [0.717, 1.165) is 44.4 Å². The summed E-state index contributed by atoms with van der Waals surface area (Å²) < 4.78 is 1.86. The minimum absolute atomic E-state index is 0.697. The number of halogens is 2. The van der Waals surface area contributed by atoms with Crippen LogP contribution in [0, 0.1) is 0 Å². The Bertz CT molecular complexity index is 881. The molecule has 6 heteroatoms. The van der Waals surface area contributed by atoms with Crippen molar-refractivity contribution in [2.24, 2.45) is 7.05 Å². The normalized spacial score (nSPS) is 15.1. The summed E-state index contributed by atoms with van der Waals surface area (Å²) in [6.07, 6.45) is 7.30. The van der Waals surface area contributed by atoms with Crippen LogP contribution in [0.5, 0.6) is 0 Å². The van der Waals surface area contributed by atoms with E-state index in [9.17, 15) is 0 Å². The molecular formula is C18H20Cl2N4. The average Bonchev–Trinajstić information content (AvgIpc) is 3.11. The first-order chi connectivity index (χ1) is 11.6. The highest BCUT2D eigenvalue weighted by Gasteiger charge is 2.21. The van der Waals surface area contributed by atoms with Gasteiger partial charge in [-0.2, -0.15) is 5.10 Å². The number of hydrogen-bond acceptors (Lipinski definition) is 2. The lowest BCUT2D eigenvalue weighted by molar-refractivity contribution is 0.251. The Morgan fingerprint density at radius 3 is 2.96 bits per heavy atom. The van der Waals surface area contributed by atoms with Crippen LogP contribution in [0.4, 0.5) is 0 Å². The number of benzene rings is 1. The largest absolute Gasteiger partial charge is 0.357 e. The Kier molecular flexibility index (Phi) is 4.29. The number of aromatic nitrogens is 3. The molecule has 0 bridgehead atoms. The van der Waals surface area contributed by atoms with Gasteiger partial charge in [0, 0.05) is 48.9 Å². The molecular weight excluding hydrogens is 343 g/mol. The molecule has 0 amide bonds. The standard InChI is InChI=1S/C18H20Cl2N4/c1-23-10-12(9-21-23)3-2-5-24-6-4-17-15(11-24)14-7-13(19)8-16(20)18(14)22-17/h7-10,22H,2-6,11H2,1H3. The van der Waals surface area contributed by atoms with Gasteiger partial charge in [0.05, 0.1) is 16.7 Å². The lowest BCUT2D eigenvalue weighted by Gasteiger charge is -2.27. The second-order valence-corrected chi connectivity index (χ2v) is 7.39. The number of fused-ring (bicyclic) bond motifs is 3. The molecule has 0 aliphatic carbocycles. The van der Waals surface area contributed by atoms with Gasteiger partial charge in [0.1, 0.15) is 0 Å². The fraction of sp³-hybridized carbons (Fsp3) is 0.389. The molecule has 24 heavy (non-hydrogen) atoms. The summed E-state index contributed by atoms with van der Waals surface area (Å²) >= 11 is 12.5. The molecule has 0 fully saturated rings. The molecule has 1 N–H and O–H groups in total. The molecule has 4 rings (SSSR count). The topological polar surface area (TPSA) is 36.9 Å². The zero-order chi connectivity index (χ0) is 16.7. The number of nitrogens with one attached hydrogen (secondary N) is 1. The molecule has 1 aliphatic heterocycles. The second kappa shape index (κ2) is 6.43. The minimum Gasteiger partial charge on any atom is -0.357 e. The third-order valence-corrected chi connectivity index (χ3v) is 5.29. The van der Waals surface area contributed by atoms with Crippen molar-refractivity contribution in [1.29, 1.82) is 0 Å². The molecule has 0 saturated heterocycles. The van der Waals surface area contributed by atoms with E-state index in [1.807, 2.05) is 24.0 Å². The summed E-state index contributed by atoms with van der Waals surface area (Å²) in [6.45, 7) is 3.13. The number of H-pyrrole nitrogens is 1. The van der Waals surface area contributed by atoms with Gasteiger partial charge in [0.15, 0.2) is 0 Å². The van der Waals surface area contributed by atoms with Crippen molar-refractivity contribution < 1.29 is 0 Å². The molecule has 0 radical (unpaired) electrons. The highest BCUT2D eigenvalue weighted by Crippen LogP contribution is 2.34. The number of hydrogen-bond donors (Lipinski definition) is 1. The summed E-state index contributed by atoms with van der Waals surface area (Å²) in [7, 11) is 1.96. The second-order valence-electron chi connectivity index (χ2n) is 6.54. The zero-order valence-corrected chi connectivity index (χ0v) is 15.2. The third kappa shape index (κ3) is 3.06. The molecule has 2 aromatic heterocycles. The van der Waals surface area contributed by atoms with E-state index in [4.69, 9.17) is 23.2 Å². The zero-order valence-electron chi connectivity index (χ0n) is 13.6. The highest BCUT2D eigenvalue weighted by molar-refractivity contribution is 6.38. The summed E-state index contributed by atoms with van der Waals surface area (Å²) in [5.74, 6) is 0. The Labute approximate surface area is 151 Å². The maximum absolute atomic E-state index is 6.33. The van der Waals surface area contributed by atoms with Crippen LogP contribution < -0.4 is 0 Å². The minimum atomic E-state index is 0.697. The van der Waals surface area contributed by atoms with Gasteiger partial charge in [-0.05, 0) is 42.6 Å². The van der Waals surface area contributed by atoms with E-state index in [-0.39, 0.29) is 0 Å². The molecule has 1 aromatic carbocycles. The van der Waals surface area contributed by atoms with Crippen molar-refractivity contribution in [2.45, 2.75) is 25.8 Å². The highest BCUT2D eigenvalue weighted by atomic mass is 35.5. The van der Waals surface area contributed by atoms with Crippen molar-refractivity contribution in [3.8, 4) is 0 Å². The van der Waals surface area contributed by atoms with Gasteiger partial charge in [-0.15, -0.1) is 0 Å². The van der Waals surface area contributed by atoms with Crippen LogP contribution in [0.25, 0.3) is 10.9 Å². The molecule has 3 heterocycles. The molecule has 0 unspecified atom stereocenters. The van der Waals surface area contributed by atoms with E-state index < -0.39 is 0 Å². The van der Waals surface area contributed by atoms with Crippen molar-refractivity contribution in [1.82, 2.24) is 19.7 Å². The molecule has 126 valence electrons. The van der Waals surface area contributed by atoms with Gasteiger partial charge >= 0.3 is 0 Å². The number of rotatable bonds is 4. The van der Waals surface area contributed by atoms with Crippen LogP contribution >= 0.6 is 23.2 Å².